The minimum absolute atomic E-state index is 0.119. The Morgan fingerprint density at radius 2 is 2.05 bits per heavy atom. The molecule has 114 valence electrons. The summed E-state index contributed by atoms with van der Waals surface area (Å²) in [6, 6.07) is 2.92. The molecule has 0 aliphatic heterocycles. The lowest BCUT2D eigenvalue weighted by Crippen LogP contribution is -2.41. The molecule has 0 saturated carbocycles. The van der Waals surface area contributed by atoms with Gasteiger partial charge >= 0.3 is 0 Å². The van der Waals surface area contributed by atoms with Crippen molar-refractivity contribution < 1.29 is 8.42 Å². The number of sulfonamides is 1. The second kappa shape index (κ2) is 5.57. The predicted octanol–water partition coefficient (Wildman–Crippen LogP) is 2.90. The van der Waals surface area contributed by atoms with E-state index in [1.165, 1.54) is 17.4 Å². The fourth-order valence-electron chi connectivity index (χ4n) is 1.92. The number of rotatable bonds is 4. The Morgan fingerprint density at radius 3 is 2.62 bits per heavy atom. The number of nitrogens with zero attached hydrogens (tertiary/aromatic N) is 1. The van der Waals surface area contributed by atoms with Gasteiger partial charge in [0.15, 0.2) is 0 Å². The first-order valence-corrected chi connectivity index (χ1v) is 8.87. The zero-order valence-electron chi connectivity index (χ0n) is 11.8. The Labute approximate surface area is 133 Å². The van der Waals surface area contributed by atoms with Crippen molar-refractivity contribution in [3.8, 4) is 0 Å². The van der Waals surface area contributed by atoms with E-state index in [4.69, 9.17) is 17.3 Å². The lowest BCUT2D eigenvalue weighted by molar-refractivity contribution is 0.469. The van der Waals surface area contributed by atoms with Gasteiger partial charge in [-0.1, -0.05) is 11.6 Å². The Hall–Kier alpha value is -1.15. The van der Waals surface area contributed by atoms with E-state index >= 15 is 0 Å². The molecule has 0 atom stereocenters. The number of hydrogen-bond donors (Lipinski definition) is 2. The maximum atomic E-state index is 12.6. The first-order valence-electron chi connectivity index (χ1n) is 6.13. The minimum Gasteiger partial charge on any atom is -0.397 e. The Kier molecular flexibility index (Phi) is 4.30. The van der Waals surface area contributed by atoms with Crippen LogP contribution in [0.5, 0.6) is 0 Å². The van der Waals surface area contributed by atoms with Gasteiger partial charge in [-0.25, -0.2) is 13.4 Å². The van der Waals surface area contributed by atoms with Crippen molar-refractivity contribution in [2.24, 2.45) is 0 Å². The van der Waals surface area contributed by atoms with Crippen molar-refractivity contribution in [2.45, 2.75) is 31.2 Å². The number of benzene rings is 1. The van der Waals surface area contributed by atoms with Crippen LogP contribution in [-0.2, 0) is 15.6 Å². The number of nitrogens with one attached hydrogen (secondary N) is 1. The molecule has 0 aliphatic carbocycles. The third kappa shape index (κ3) is 3.37. The van der Waals surface area contributed by atoms with Crippen molar-refractivity contribution in [1.29, 1.82) is 0 Å². The van der Waals surface area contributed by atoms with Crippen LogP contribution in [0.2, 0.25) is 5.02 Å². The second-order valence-corrected chi connectivity index (χ2v) is 8.16. The number of hydrogen-bond acceptors (Lipinski definition) is 5. The SMILES string of the molecule is Cc1cc(Cl)c(N)cc1S(=O)(=O)NC(C)(C)c1nccs1. The van der Waals surface area contributed by atoms with Crippen LogP contribution in [0, 0.1) is 6.92 Å². The smallest absolute Gasteiger partial charge is 0.241 e. The van der Waals surface area contributed by atoms with Gasteiger partial charge < -0.3 is 5.73 Å². The quantitative estimate of drug-likeness (QED) is 0.834. The van der Waals surface area contributed by atoms with Crippen LogP contribution in [0.4, 0.5) is 5.69 Å². The summed E-state index contributed by atoms with van der Waals surface area (Å²) in [5.74, 6) is 0. The van der Waals surface area contributed by atoms with Crippen LogP contribution in [0.15, 0.2) is 28.6 Å². The molecule has 1 aromatic carbocycles. The summed E-state index contributed by atoms with van der Waals surface area (Å²) in [4.78, 5) is 4.29. The molecule has 3 N–H and O–H groups in total. The normalized spacial score (nSPS) is 12.6. The molecular weight excluding hydrogens is 330 g/mol. The number of anilines is 1. The van der Waals surface area contributed by atoms with Crippen molar-refractivity contribution in [3.63, 3.8) is 0 Å². The largest absolute Gasteiger partial charge is 0.397 e. The van der Waals surface area contributed by atoms with Crippen LogP contribution < -0.4 is 10.5 Å². The van der Waals surface area contributed by atoms with Crippen LogP contribution >= 0.6 is 22.9 Å². The highest BCUT2D eigenvalue weighted by atomic mass is 35.5. The molecular formula is C13H16ClN3O2S2. The van der Waals surface area contributed by atoms with E-state index < -0.39 is 15.6 Å². The third-order valence-corrected chi connectivity index (χ3v) is 6.16. The van der Waals surface area contributed by atoms with Crippen LogP contribution in [0.25, 0.3) is 0 Å². The molecule has 0 fully saturated rings. The fraction of sp³-hybridized carbons (Fsp3) is 0.308. The van der Waals surface area contributed by atoms with Gasteiger partial charge in [0.1, 0.15) is 5.01 Å². The molecule has 0 unspecified atom stereocenters. The summed E-state index contributed by atoms with van der Waals surface area (Å²) in [7, 11) is -3.74. The molecule has 2 aromatic rings. The van der Waals surface area contributed by atoms with E-state index in [9.17, 15) is 8.42 Å². The average Bonchev–Trinajstić information content (AvgIpc) is 2.86. The van der Waals surface area contributed by atoms with E-state index in [0.29, 0.717) is 15.6 Å². The van der Waals surface area contributed by atoms with E-state index in [2.05, 4.69) is 9.71 Å². The topological polar surface area (TPSA) is 85.1 Å². The molecule has 0 bridgehead atoms. The minimum atomic E-state index is -3.74. The highest BCUT2D eigenvalue weighted by Crippen LogP contribution is 2.29. The monoisotopic (exact) mass is 345 g/mol. The maximum Gasteiger partial charge on any atom is 0.241 e. The predicted molar refractivity (Wildman–Crippen MR) is 86.1 cm³/mol. The van der Waals surface area contributed by atoms with Crippen LogP contribution in [-0.4, -0.2) is 13.4 Å². The molecule has 5 nitrogen and oxygen atoms in total. The highest BCUT2D eigenvalue weighted by Gasteiger charge is 2.31. The summed E-state index contributed by atoms with van der Waals surface area (Å²) >= 11 is 7.29. The zero-order chi connectivity index (χ0) is 15.8. The van der Waals surface area contributed by atoms with Gasteiger partial charge in [0.25, 0.3) is 0 Å². The molecule has 21 heavy (non-hydrogen) atoms. The van der Waals surface area contributed by atoms with Crippen molar-refractivity contribution in [2.75, 3.05) is 5.73 Å². The van der Waals surface area contributed by atoms with Crippen molar-refractivity contribution in [1.82, 2.24) is 9.71 Å². The van der Waals surface area contributed by atoms with Gasteiger partial charge in [-0.3, -0.25) is 0 Å². The summed E-state index contributed by atoms with van der Waals surface area (Å²) in [6.45, 7) is 5.20. The van der Waals surface area contributed by atoms with Gasteiger partial charge in [-0.2, -0.15) is 4.72 Å². The lowest BCUT2D eigenvalue weighted by atomic mass is 10.1. The van der Waals surface area contributed by atoms with Crippen molar-refractivity contribution >= 4 is 38.6 Å². The lowest BCUT2D eigenvalue weighted by Gasteiger charge is -2.24. The van der Waals surface area contributed by atoms with Crippen LogP contribution in [0.3, 0.4) is 0 Å². The summed E-state index contributed by atoms with van der Waals surface area (Å²) in [5, 5.41) is 2.83. The molecule has 0 spiro atoms. The first kappa shape index (κ1) is 16.2. The van der Waals surface area contributed by atoms with Crippen molar-refractivity contribution in [3.05, 3.63) is 39.3 Å². The fourth-order valence-corrected chi connectivity index (χ4v) is 4.57. The molecule has 1 aromatic heterocycles. The van der Waals surface area contributed by atoms with E-state index in [0.717, 1.165) is 0 Å². The molecule has 1 heterocycles. The maximum absolute atomic E-state index is 12.6. The number of nitrogens with two attached hydrogens (primary N) is 1. The van der Waals surface area contributed by atoms with Gasteiger partial charge in [0.05, 0.1) is 21.1 Å². The molecule has 0 aliphatic rings. The molecule has 0 saturated heterocycles. The second-order valence-electron chi connectivity index (χ2n) is 5.21. The number of aromatic nitrogens is 1. The highest BCUT2D eigenvalue weighted by molar-refractivity contribution is 7.89. The standard InChI is InChI=1S/C13H16ClN3O2S2/c1-8-6-9(14)10(15)7-11(8)21(18,19)17-13(2,3)12-16-4-5-20-12/h4-7,17H,15H2,1-3H3. The molecule has 0 amide bonds. The Balaban J connectivity index is 2.42. The summed E-state index contributed by atoms with van der Waals surface area (Å²) in [6.07, 6.45) is 1.64. The summed E-state index contributed by atoms with van der Waals surface area (Å²) in [5.41, 5.74) is 5.67. The number of aryl methyl sites for hydroxylation is 1. The molecule has 0 radical (unpaired) electrons. The van der Waals surface area contributed by atoms with E-state index in [-0.39, 0.29) is 10.6 Å². The first-order chi connectivity index (χ1) is 9.63. The van der Waals surface area contributed by atoms with E-state index in [1.807, 2.05) is 0 Å². The van der Waals surface area contributed by atoms with Gasteiger partial charge in [0.2, 0.25) is 10.0 Å². The Bertz CT molecular complexity index is 756. The van der Waals surface area contributed by atoms with Gasteiger partial charge in [-0.15, -0.1) is 11.3 Å². The third-order valence-electron chi connectivity index (χ3n) is 2.94. The van der Waals surface area contributed by atoms with Gasteiger partial charge in [0, 0.05) is 11.6 Å². The number of nitrogen functional groups attached to an aromatic ring is 1. The number of halogens is 1. The Morgan fingerprint density at radius 1 is 1.38 bits per heavy atom. The van der Waals surface area contributed by atoms with E-state index in [1.54, 1.807) is 38.4 Å². The van der Waals surface area contributed by atoms with Gasteiger partial charge in [-0.05, 0) is 38.5 Å². The van der Waals surface area contributed by atoms with Crippen LogP contribution in [0.1, 0.15) is 24.4 Å². The number of thiazole rings is 1. The zero-order valence-corrected chi connectivity index (χ0v) is 14.2. The molecule has 2 rings (SSSR count). The molecule has 8 heteroatoms. The summed E-state index contributed by atoms with van der Waals surface area (Å²) < 4.78 is 27.8. The average molecular weight is 346 g/mol.